The van der Waals surface area contributed by atoms with Gasteiger partial charge in [-0.05, 0) is 39.8 Å². The number of fused-ring (bicyclic) bond motifs is 1. The number of rotatable bonds is 5. The van der Waals surface area contributed by atoms with Gasteiger partial charge in [-0.15, -0.1) is 0 Å². The molecule has 2 aromatic rings. The Morgan fingerprint density at radius 1 is 1.14 bits per heavy atom. The van der Waals surface area contributed by atoms with Crippen LogP contribution in [0.2, 0.25) is 0 Å². The van der Waals surface area contributed by atoms with E-state index in [0.29, 0.717) is 6.04 Å². The van der Waals surface area contributed by atoms with E-state index in [1.165, 1.54) is 29.3 Å². The number of hydrogen-bond acceptors (Lipinski definition) is 4. The normalized spacial score (nSPS) is 15.9. The molecule has 1 aliphatic heterocycles. The van der Waals surface area contributed by atoms with E-state index in [1.54, 1.807) is 0 Å². The molecule has 1 fully saturated rings. The number of pyridine rings is 1. The van der Waals surface area contributed by atoms with Crippen molar-refractivity contribution in [3.8, 4) is 0 Å². The highest BCUT2D eigenvalue weighted by Gasteiger charge is 2.16. The summed E-state index contributed by atoms with van der Waals surface area (Å²) in [6.07, 6.45) is 4.36. The third kappa shape index (κ3) is 3.02. The molecule has 0 bridgehead atoms. The van der Waals surface area contributed by atoms with Crippen LogP contribution in [0.4, 0.5) is 11.5 Å². The first-order chi connectivity index (χ1) is 10.8. The molecule has 0 unspecified atom stereocenters. The van der Waals surface area contributed by atoms with Gasteiger partial charge < -0.3 is 15.5 Å². The van der Waals surface area contributed by atoms with E-state index >= 15 is 0 Å². The van der Waals surface area contributed by atoms with Crippen LogP contribution >= 0.6 is 0 Å². The molecule has 22 heavy (non-hydrogen) atoms. The molecule has 2 N–H and O–H groups in total. The fourth-order valence-electron chi connectivity index (χ4n) is 3.25. The first kappa shape index (κ1) is 15.1. The van der Waals surface area contributed by atoms with Crippen molar-refractivity contribution in [2.45, 2.75) is 32.7 Å². The van der Waals surface area contributed by atoms with Gasteiger partial charge in [0.2, 0.25) is 0 Å². The Kier molecular flexibility index (Phi) is 4.78. The van der Waals surface area contributed by atoms with Gasteiger partial charge in [-0.25, -0.2) is 4.98 Å². The number of benzene rings is 1. The van der Waals surface area contributed by atoms with Gasteiger partial charge in [0.15, 0.2) is 0 Å². The highest BCUT2D eigenvalue weighted by molar-refractivity contribution is 6.00. The van der Waals surface area contributed by atoms with E-state index in [1.807, 2.05) is 6.20 Å². The van der Waals surface area contributed by atoms with Crippen molar-refractivity contribution in [3.05, 3.63) is 30.5 Å². The molecule has 4 heteroatoms. The molecule has 118 valence electrons. The second-order valence-corrected chi connectivity index (χ2v) is 5.88. The SMILES string of the molecule is CCN(CC)c1ncc(NC2CCNCC2)c2ccccc12. The van der Waals surface area contributed by atoms with E-state index < -0.39 is 0 Å². The summed E-state index contributed by atoms with van der Waals surface area (Å²) in [6, 6.07) is 9.15. The zero-order valence-corrected chi connectivity index (χ0v) is 13.6. The predicted octanol–water partition coefficient (Wildman–Crippen LogP) is 3.24. The van der Waals surface area contributed by atoms with Crippen LogP contribution in [0.3, 0.4) is 0 Å². The van der Waals surface area contributed by atoms with Gasteiger partial charge in [-0.2, -0.15) is 0 Å². The van der Waals surface area contributed by atoms with Crippen molar-refractivity contribution in [2.75, 3.05) is 36.4 Å². The molecule has 4 nitrogen and oxygen atoms in total. The van der Waals surface area contributed by atoms with E-state index in [4.69, 9.17) is 4.98 Å². The molecule has 0 atom stereocenters. The molecule has 0 aliphatic carbocycles. The Morgan fingerprint density at radius 3 is 2.50 bits per heavy atom. The van der Waals surface area contributed by atoms with Gasteiger partial charge in [-0.3, -0.25) is 0 Å². The lowest BCUT2D eigenvalue weighted by atomic mass is 10.0. The standard InChI is InChI=1S/C18H26N4/c1-3-22(4-2)18-16-8-6-5-7-15(16)17(13-20-18)21-14-9-11-19-12-10-14/h5-8,13-14,19,21H,3-4,9-12H2,1-2H3. The van der Waals surface area contributed by atoms with E-state index in [-0.39, 0.29) is 0 Å². The smallest absolute Gasteiger partial charge is 0.136 e. The number of piperidine rings is 1. The molecule has 2 heterocycles. The Hall–Kier alpha value is -1.81. The Morgan fingerprint density at radius 2 is 1.82 bits per heavy atom. The van der Waals surface area contributed by atoms with Crippen LogP contribution < -0.4 is 15.5 Å². The number of hydrogen-bond donors (Lipinski definition) is 2. The van der Waals surface area contributed by atoms with Gasteiger partial charge in [0, 0.05) is 29.9 Å². The average Bonchev–Trinajstić information content (AvgIpc) is 2.58. The highest BCUT2D eigenvalue weighted by Crippen LogP contribution is 2.30. The third-order valence-electron chi connectivity index (χ3n) is 4.54. The summed E-state index contributed by atoms with van der Waals surface area (Å²) in [5.41, 5.74) is 1.17. The summed E-state index contributed by atoms with van der Waals surface area (Å²) in [4.78, 5) is 7.08. The topological polar surface area (TPSA) is 40.2 Å². The molecule has 3 rings (SSSR count). The minimum atomic E-state index is 0.547. The number of anilines is 2. The van der Waals surface area contributed by atoms with E-state index in [2.05, 4.69) is 53.6 Å². The second kappa shape index (κ2) is 6.97. The van der Waals surface area contributed by atoms with E-state index in [0.717, 1.165) is 32.0 Å². The monoisotopic (exact) mass is 298 g/mol. The van der Waals surface area contributed by atoms with Crippen molar-refractivity contribution in [1.29, 1.82) is 0 Å². The summed E-state index contributed by atoms with van der Waals surface area (Å²) in [5, 5.41) is 9.64. The number of nitrogens with one attached hydrogen (secondary N) is 2. The Bertz CT molecular complexity index is 616. The lowest BCUT2D eigenvalue weighted by Gasteiger charge is -2.26. The summed E-state index contributed by atoms with van der Waals surface area (Å²) in [7, 11) is 0. The maximum Gasteiger partial charge on any atom is 0.136 e. The molecule has 1 saturated heterocycles. The quantitative estimate of drug-likeness (QED) is 0.889. The molecule has 0 saturated carbocycles. The summed E-state index contributed by atoms with van der Waals surface area (Å²) >= 11 is 0. The van der Waals surface area contributed by atoms with Crippen LogP contribution in [0.15, 0.2) is 30.5 Å². The second-order valence-electron chi connectivity index (χ2n) is 5.88. The van der Waals surface area contributed by atoms with Crippen molar-refractivity contribution in [2.24, 2.45) is 0 Å². The van der Waals surface area contributed by atoms with Gasteiger partial charge in [0.1, 0.15) is 5.82 Å². The number of nitrogens with zero attached hydrogens (tertiary/aromatic N) is 2. The van der Waals surface area contributed by atoms with E-state index in [9.17, 15) is 0 Å². The average molecular weight is 298 g/mol. The van der Waals surface area contributed by atoms with Crippen LogP contribution in [0.5, 0.6) is 0 Å². The van der Waals surface area contributed by atoms with Crippen molar-refractivity contribution in [1.82, 2.24) is 10.3 Å². The van der Waals surface area contributed by atoms with Gasteiger partial charge in [0.05, 0.1) is 11.9 Å². The van der Waals surface area contributed by atoms with Crippen molar-refractivity contribution >= 4 is 22.3 Å². The molecule has 1 aromatic heterocycles. The molecule has 0 radical (unpaired) electrons. The lowest BCUT2D eigenvalue weighted by Crippen LogP contribution is -2.35. The minimum absolute atomic E-state index is 0.547. The van der Waals surface area contributed by atoms with Crippen LogP contribution in [-0.2, 0) is 0 Å². The zero-order valence-electron chi connectivity index (χ0n) is 13.6. The third-order valence-corrected chi connectivity index (χ3v) is 4.54. The van der Waals surface area contributed by atoms with Crippen LogP contribution in [0, 0.1) is 0 Å². The summed E-state index contributed by atoms with van der Waals surface area (Å²) in [6.45, 7) is 8.52. The molecule has 1 aromatic carbocycles. The van der Waals surface area contributed by atoms with Gasteiger partial charge in [-0.1, -0.05) is 24.3 Å². The molecule has 0 spiro atoms. The fraction of sp³-hybridized carbons (Fsp3) is 0.500. The van der Waals surface area contributed by atoms with Crippen molar-refractivity contribution in [3.63, 3.8) is 0 Å². The molecule has 1 aliphatic rings. The Labute approximate surface area is 132 Å². The van der Waals surface area contributed by atoms with Crippen molar-refractivity contribution < 1.29 is 0 Å². The molecular formula is C18H26N4. The summed E-state index contributed by atoms with van der Waals surface area (Å²) < 4.78 is 0. The first-order valence-electron chi connectivity index (χ1n) is 8.43. The first-order valence-corrected chi connectivity index (χ1v) is 8.43. The minimum Gasteiger partial charge on any atom is -0.380 e. The van der Waals surface area contributed by atoms with Crippen LogP contribution in [-0.4, -0.2) is 37.2 Å². The molecule has 0 amide bonds. The zero-order chi connectivity index (χ0) is 15.4. The van der Waals surface area contributed by atoms with Crippen LogP contribution in [0.1, 0.15) is 26.7 Å². The largest absolute Gasteiger partial charge is 0.380 e. The fourth-order valence-corrected chi connectivity index (χ4v) is 3.25. The molecular weight excluding hydrogens is 272 g/mol. The maximum absolute atomic E-state index is 4.76. The maximum atomic E-state index is 4.76. The number of aromatic nitrogens is 1. The highest BCUT2D eigenvalue weighted by atomic mass is 15.2. The van der Waals surface area contributed by atoms with Crippen LogP contribution in [0.25, 0.3) is 10.8 Å². The van der Waals surface area contributed by atoms with Gasteiger partial charge >= 0.3 is 0 Å². The Balaban J connectivity index is 1.96. The predicted molar refractivity (Wildman–Crippen MR) is 94.8 cm³/mol. The summed E-state index contributed by atoms with van der Waals surface area (Å²) in [5.74, 6) is 1.09. The van der Waals surface area contributed by atoms with Gasteiger partial charge in [0.25, 0.3) is 0 Å². The lowest BCUT2D eigenvalue weighted by molar-refractivity contribution is 0.479.